The van der Waals surface area contributed by atoms with Gasteiger partial charge in [-0.25, -0.2) is 0 Å². The molecular weight excluding hydrogens is 386 g/mol. The maximum absolute atomic E-state index is 2.36. The number of nitrogens with zero attached hydrogens (tertiary/aromatic N) is 1. The molecule has 0 amide bonds. The molecule has 0 aliphatic heterocycles. The van der Waals surface area contributed by atoms with Crippen molar-refractivity contribution in [3.05, 3.63) is 126 Å². The summed E-state index contributed by atoms with van der Waals surface area (Å²) in [5.74, 6) is 0. The zero-order valence-electron chi connectivity index (χ0n) is 18.4. The second kappa shape index (κ2) is 7.10. The topological polar surface area (TPSA) is 3.24 Å². The highest BCUT2D eigenvalue weighted by Crippen LogP contribution is 2.52. The Morgan fingerprint density at radius 2 is 1.12 bits per heavy atom. The third-order valence-electron chi connectivity index (χ3n) is 6.85. The molecule has 0 unspecified atom stereocenters. The maximum Gasteiger partial charge on any atom is 0.0540 e. The molecule has 1 aliphatic carbocycles. The minimum Gasteiger partial charge on any atom is -0.310 e. The number of anilines is 3. The van der Waals surface area contributed by atoms with Gasteiger partial charge < -0.3 is 4.90 Å². The number of hydrogen-bond acceptors (Lipinski definition) is 1. The Labute approximate surface area is 189 Å². The quantitative estimate of drug-likeness (QED) is 0.287. The highest BCUT2D eigenvalue weighted by molar-refractivity contribution is 6.08. The van der Waals surface area contributed by atoms with Crippen LogP contribution >= 0.6 is 0 Å². The van der Waals surface area contributed by atoms with Crippen molar-refractivity contribution < 1.29 is 0 Å². The van der Waals surface area contributed by atoms with Crippen LogP contribution in [-0.2, 0) is 5.41 Å². The average Bonchev–Trinajstić information content (AvgIpc) is 3.08. The zero-order valence-corrected chi connectivity index (χ0v) is 18.4. The summed E-state index contributed by atoms with van der Waals surface area (Å²) in [5, 5.41) is 2.58. The maximum atomic E-state index is 2.36. The van der Waals surface area contributed by atoms with Gasteiger partial charge in [-0.3, -0.25) is 0 Å². The van der Waals surface area contributed by atoms with Crippen molar-refractivity contribution in [2.45, 2.75) is 19.3 Å². The molecule has 0 atom stereocenters. The van der Waals surface area contributed by atoms with Gasteiger partial charge in [0, 0.05) is 22.2 Å². The lowest BCUT2D eigenvalue weighted by atomic mass is 9.82. The average molecular weight is 412 g/mol. The summed E-state index contributed by atoms with van der Waals surface area (Å²) in [6.07, 6.45) is 0. The van der Waals surface area contributed by atoms with Crippen molar-refractivity contribution in [1.82, 2.24) is 0 Å². The number of hydrogen-bond donors (Lipinski definition) is 0. The predicted molar refractivity (Wildman–Crippen MR) is 136 cm³/mol. The summed E-state index contributed by atoms with van der Waals surface area (Å²) >= 11 is 0. The minimum atomic E-state index is 0.00860. The van der Waals surface area contributed by atoms with Crippen LogP contribution in [-0.4, -0.2) is 0 Å². The predicted octanol–water partition coefficient (Wildman–Crippen LogP) is 8.62. The molecule has 0 fully saturated rings. The molecule has 0 N–H and O–H groups in total. The molecule has 0 saturated heterocycles. The third kappa shape index (κ3) is 2.71. The first-order valence-electron chi connectivity index (χ1n) is 11.2. The molecule has 0 radical (unpaired) electrons. The van der Waals surface area contributed by atoms with E-state index in [-0.39, 0.29) is 5.41 Å². The first-order chi connectivity index (χ1) is 15.7. The van der Waals surface area contributed by atoms with Crippen LogP contribution in [0, 0.1) is 0 Å². The second-order valence-corrected chi connectivity index (χ2v) is 9.04. The van der Waals surface area contributed by atoms with E-state index in [0.717, 1.165) is 11.4 Å². The lowest BCUT2D eigenvalue weighted by Gasteiger charge is -2.27. The molecule has 32 heavy (non-hydrogen) atoms. The fraction of sp³-hybridized carbons (Fsp3) is 0.0968. The standard InChI is InChI=1S/C31H25N/c1-31(2)27-18-10-9-16-26(27)30-25-17-11-19-29(24(25)20-21-28(30)31)32(22-12-5-3-6-13-22)23-14-7-4-8-15-23/h3-21H,1-2H3. The Bertz CT molecular complexity index is 1390. The van der Waals surface area contributed by atoms with E-state index in [1.54, 1.807) is 0 Å². The number of para-hydroxylation sites is 2. The van der Waals surface area contributed by atoms with E-state index >= 15 is 0 Å². The summed E-state index contributed by atoms with van der Waals surface area (Å²) in [4.78, 5) is 2.36. The van der Waals surface area contributed by atoms with Crippen LogP contribution in [0.4, 0.5) is 17.1 Å². The van der Waals surface area contributed by atoms with Crippen LogP contribution in [0.25, 0.3) is 21.9 Å². The molecule has 0 saturated carbocycles. The van der Waals surface area contributed by atoms with Crippen molar-refractivity contribution >= 4 is 27.8 Å². The van der Waals surface area contributed by atoms with Crippen molar-refractivity contribution in [1.29, 1.82) is 0 Å². The largest absolute Gasteiger partial charge is 0.310 e. The van der Waals surface area contributed by atoms with Gasteiger partial charge in [0.25, 0.3) is 0 Å². The molecule has 154 valence electrons. The van der Waals surface area contributed by atoms with Gasteiger partial charge in [-0.1, -0.05) is 98.8 Å². The molecule has 0 aromatic heterocycles. The Morgan fingerprint density at radius 1 is 0.500 bits per heavy atom. The van der Waals surface area contributed by atoms with Crippen molar-refractivity contribution in [2.24, 2.45) is 0 Å². The minimum absolute atomic E-state index is 0.00860. The van der Waals surface area contributed by atoms with E-state index in [4.69, 9.17) is 0 Å². The summed E-state index contributed by atoms with van der Waals surface area (Å²) < 4.78 is 0. The van der Waals surface area contributed by atoms with Gasteiger partial charge in [0.2, 0.25) is 0 Å². The molecule has 5 aromatic carbocycles. The summed E-state index contributed by atoms with van der Waals surface area (Å²) in [6.45, 7) is 4.68. The van der Waals surface area contributed by atoms with Crippen molar-refractivity contribution in [2.75, 3.05) is 4.90 Å². The summed E-state index contributed by atoms with van der Waals surface area (Å²) in [6, 6.07) is 41.5. The molecule has 0 bridgehead atoms. The highest BCUT2D eigenvalue weighted by Gasteiger charge is 2.36. The zero-order chi connectivity index (χ0) is 21.7. The van der Waals surface area contributed by atoms with Crippen molar-refractivity contribution in [3.63, 3.8) is 0 Å². The van der Waals surface area contributed by atoms with Gasteiger partial charge in [0.15, 0.2) is 0 Å². The number of benzene rings is 5. The van der Waals surface area contributed by atoms with E-state index in [2.05, 4.69) is 134 Å². The van der Waals surface area contributed by atoms with E-state index in [1.165, 1.54) is 38.7 Å². The van der Waals surface area contributed by atoms with Gasteiger partial charge in [-0.2, -0.15) is 0 Å². The van der Waals surface area contributed by atoms with Crippen LogP contribution in [0.1, 0.15) is 25.0 Å². The molecule has 1 aliphatic rings. The summed E-state index contributed by atoms with van der Waals surface area (Å²) in [5.41, 5.74) is 9.09. The van der Waals surface area contributed by atoms with E-state index in [0.29, 0.717) is 0 Å². The molecule has 0 spiro atoms. The third-order valence-corrected chi connectivity index (χ3v) is 6.85. The monoisotopic (exact) mass is 411 g/mol. The van der Waals surface area contributed by atoms with E-state index in [9.17, 15) is 0 Å². The number of rotatable bonds is 3. The van der Waals surface area contributed by atoms with Crippen LogP contribution in [0.5, 0.6) is 0 Å². The van der Waals surface area contributed by atoms with Gasteiger partial charge in [-0.05, 0) is 58.0 Å². The summed E-state index contributed by atoms with van der Waals surface area (Å²) in [7, 11) is 0. The highest BCUT2D eigenvalue weighted by atomic mass is 15.1. The van der Waals surface area contributed by atoms with Gasteiger partial charge in [0.05, 0.1) is 5.69 Å². The van der Waals surface area contributed by atoms with Crippen LogP contribution in [0.3, 0.4) is 0 Å². The second-order valence-electron chi connectivity index (χ2n) is 9.04. The number of fused-ring (bicyclic) bond motifs is 5. The lowest BCUT2D eigenvalue weighted by Crippen LogP contribution is -2.15. The Kier molecular flexibility index (Phi) is 4.19. The van der Waals surface area contributed by atoms with Crippen LogP contribution in [0.2, 0.25) is 0 Å². The van der Waals surface area contributed by atoms with Gasteiger partial charge >= 0.3 is 0 Å². The first-order valence-corrected chi connectivity index (χ1v) is 11.2. The van der Waals surface area contributed by atoms with Crippen LogP contribution in [0.15, 0.2) is 115 Å². The fourth-order valence-electron chi connectivity index (χ4n) is 5.32. The normalized spacial score (nSPS) is 13.6. The smallest absolute Gasteiger partial charge is 0.0540 e. The van der Waals surface area contributed by atoms with E-state index < -0.39 is 0 Å². The van der Waals surface area contributed by atoms with E-state index in [1.807, 2.05) is 0 Å². The molecule has 6 rings (SSSR count). The van der Waals surface area contributed by atoms with Gasteiger partial charge in [0.1, 0.15) is 0 Å². The Balaban J connectivity index is 1.66. The lowest BCUT2D eigenvalue weighted by molar-refractivity contribution is 0.661. The first kappa shape index (κ1) is 18.9. The van der Waals surface area contributed by atoms with Crippen LogP contribution < -0.4 is 4.90 Å². The molecule has 5 aromatic rings. The van der Waals surface area contributed by atoms with Gasteiger partial charge in [-0.15, -0.1) is 0 Å². The Hall–Kier alpha value is -3.84. The molecular formula is C31H25N. The Morgan fingerprint density at radius 3 is 1.81 bits per heavy atom. The van der Waals surface area contributed by atoms with Crippen molar-refractivity contribution in [3.8, 4) is 11.1 Å². The molecule has 1 nitrogen and oxygen atoms in total. The molecule has 1 heteroatoms. The molecule has 0 heterocycles. The SMILES string of the molecule is CC1(C)c2ccccc2-c2c1ccc1c(N(c3ccccc3)c3ccccc3)cccc21. The fourth-order valence-corrected chi connectivity index (χ4v) is 5.32.